The van der Waals surface area contributed by atoms with Gasteiger partial charge in [-0.15, -0.1) is 0 Å². The Balaban J connectivity index is 2.33. The van der Waals surface area contributed by atoms with Crippen LogP contribution < -0.4 is 5.73 Å². The van der Waals surface area contributed by atoms with Gasteiger partial charge < -0.3 is 10.3 Å². The molecule has 2 N–H and O–H groups in total. The van der Waals surface area contributed by atoms with Crippen LogP contribution >= 0.6 is 23.2 Å². The zero-order valence-corrected chi connectivity index (χ0v) is 12.4. The van der Waals surface area contributed by atoms with Crippen LogP contribution in [0.15, 0.2) is 36.4 Å². The van der Waals surface area contributed by atoms with Crippen molar-refractivity contribution in [3.8, 4) is 11.4 Å². The molecule has 0 radical (unpaired) electrons. The van der Waals surface area contributed by atoms with Gasteiger partial charge in [-0.05, 0) is 37.3 Å². The molecule has 0 aliphatic rings. The van der Waals surface area contributed by atoms with Crippen LogP contribution in [0.1, 0.15) is 6.92 Å². The van der Waals surface area contributed by atoms with E-state index < -0.39 is 0 Å². The van der Waals surface area contributed by atoms with Crippen molar-refractivity contribution >= 4 is 39.9 Å². The molecule has 20 heavy (non-hydrogen) atoms. The summed E-state index contributed by atoms with van der Waals surface area (Å²) in [4.78, 5) is 4.66. The first-order valence-corrected chi connectivity index (χ1v) is 7.07. The van der Waals surface area contributed by atoms with Gasteiger partial charge in [0.25, 0.3) is 0 Å². The normalized spacial score (nSPS) is 11.2. The van der Waals surface area contributed by atoms with E-state index in [9.17, 15) is 0 Å². The van der Waals surface area contributed by atoms with Gasteiger partial charge >= 0.3 is 0 Å². The summed E-state index contributed by atoms with van der Waals surface area (Å²) in [5.74, 6) is 0.824. The lowest BCUT2D eigenvalue weighted by atomic mass is 10.2. The van der Waals surface area contributed by atoms with Crippen LogP contribution in [0.3, 0.4) is 0 Å². The van der Waals surface area contributed by atoms with Gasteiger partial charge in [0.1, 0.15) is 5.82 Å². The molecule has 3 aromatic rings. The van der Waals surface area contributed by atoms with Crippen LogP contribution in [0, 0.1) is 0 Å². The molecule has 0 spiro atoms. The van der Waals surface area contributed by atoms with Crippen molar-refractivity contribution in [2.45, 2.75) is 13.5 Å². The van der Waals surface area contributed by atoms with E-state index in [2.05, 4.69) is 16.5 Å². The van der Waals surface area contributed by atoms with Crippen molar-refractivity contribution in [2.24, 2.45) is 0 Å². The zero-order valence-electron chi connectivity index (χ0n) is 10.9. The second-order valence-corrected chi connectivity index (χ2v) is 5.40. The van der Waals surface area contributed by atoms with Crippen LogP contribution in [0.2, 0.25) is 10.0 Å². The lowest BCUT2D eigenvalue weighted by Crippen LogP contribution is -1.98. The third-order valence-corrected chi connectivity index (χ3v) is 3.74. The monoisotopic (exact) mass is 305 g/mol. The van der Waals surface area contributed by atoms with E-state index in [1.165, 1.54) is 0 Å². The highest BCUT2D eigenvalue weighted by Gasteiger charge is 2.14. The van der Waals surface area contributed by atoms with E-state index in [4.69, 9.17) is 28.9 Å². The van der Waals surface area contributed by atoms with Crippen molar-refractivity contribution in [3.05, 3.63) is 46.4 Å². The van der Waals surface area contributed by atoms with Crippen molar-refractivity contribution in [3.63, 3.8) is 0 Å². The number of nitrogens with two attached hydrogens (primary N) is 1. The van der Waals surface area contributed by atoms with Gasteiger partial charge in [0.2, 0.25) is 0 Å². The summed E-state index contributed by atoms with van der Waals surface area (Å²) in [6.07, 6.45) is 0. The lowest BCUT2D eigenvalue weighted by Gasteiger charge is -2.08. The molecule has 0 atom stereocenters. The van der Waals surface area contributed by atoms with E-state index in [0.717, 1.165) is 29.0 Å². The average Bonchev–Trinajstić information content (AvgIpc) is 2.77. The third kappa shape index (κ3) is 2.13. The highest BCUT2D eigenvalue weighted by molar-refractivity contribution is 6.35. The number of hydrogen-bond acceptors (Lipinski definition) is 2. The highest BCUT2D eigenvalue weighted by Crippen LogP contribution is 2.31. The molecule has 0 saturated heterocycles. The molecular formula is C15H13Cl2N3. The predicted octanol–water partition coefficient (Wildman–Crippen LogP) is 4.61. The molecule has 5 heteroatoms. The number of hydrogen-bond donors (Lipinski definition) is 1. The number of fused-ring (bicyclic) bond motifs is 1. The summed E-state index contributed by atoms with van der Waals surface area (Å²) < 4.78 is 2.07. The molecule has 102 valence electrons. The minimum absolute atomic E-state index is 0.598. The average molecular weight is 306 g/mol. The number of aryl methyl sites for hydroxylation is 1. The smallest absolute Gasteiger partial charge is 0.141 e. The Labute approximate surface area is 126 Å². The molecule has 1 aromatic heterocycles. The predicted molar refractivity (Wildman–Crippen MR) is 85.3 cm³/mol. The minimum Gasteiger partial charge on any atom is -0.399 e. The fourth-order valence-corrected chi connectivity index (χ4v) is 2.93. The van der Waals surface area contributed by atoms with Crippen molar-refractivity contribution < 1.29 is 0 Å². The van der Waals surface area contributed by atoms with Crippen LogP contribution in [0.4, 0.5) is 5.69 Å². The fourth-order valence-electron chi connectivity index (χ4n) is 2.41. The number of nitrogens with zero attached hydrogens (tertiary/aromatic N) is 2. The Morgan fingerprint density at radius 2 is 2.00 bits per heavy atom. The Kier molecular flexibility index (Phi) is 3.32. The summed E-state index contributed by atoms with van der Waals surface area (Å²) in [6, 6.07) is 11.2. The summed E-state index contributed by atoms with van der Waals surface area (Å²) in [6.45, 7) is 2.82. The fraction of sp³-hybridized carbons (Fsp3) is 0.133. The van der Waals surface area contributed by atoms with Crippen molar-refractivity contribution in [1.29, 1.82) is 0 Å². The van der Waals surface area contributed by atoms with Crippen molar-refractivity contribution in [1.82, 2.24) is 9.55 Å². The van der Waals surface area contributed by atoms with Gasteiger partial charge in [-0.1, -0.05) is 29.3 Å². The van der Waals surface area contributed by atoms with Crippen LogP contribution in [0.25, 0.3) is 22.4 Å². The maximum Gasteiger partial charge on any atom is 0.141 e. The molecule has 0 fully saturated rings. The molecule has 0 bridgehead atoms. The zero-order chi connectivity index (χ0) is 14.3. The molecule has 3 rings (SSSR count). The molecule has 0 amide bonds. The van der Waals surface area contributed by atoms with Gasteiger partial charge in [-0.3, -0.25) is 0 Å². The van der Waals surface area contributed by atoms with Crippen molar-refractivity contribution in [2.75, 3.05) is 5.73 Å². The van der Waals surface area contributed by atoms with E-state index in [1.807, 2.05) is 30.3 Å². The number of aromatic nitrogens is 2. The molecule has 0 aliphatic carbocycles. The Hall–Kier alpha value is -1.71. The van der Waals surface area contributed by atoms with Gasteiger partial charge in [-0.25, -0.2) is 4.98 Å². The van der Waals surface area contributed by atoms with Gasteiger partial charge in [0.15, 0.2) is 0 Å². The first kappa shape index (κ1) is 13.3. The largest absolute Gasteiger partial charge is 0.399 e. The number of rotatable bonds is 2. The first-order chi connectivity index (χ1) is 9.60. The summed E-state index contributed by atoms with van der Waals surface area (Å²) >= 11 is 12.4. The quantitative estimate of drug-likeness (QED) is 0.702. The number of anilines is 1. The Bertz CT molecular complexity index is 773. The Morgan fingerprint density at radius 1 is 1.20 bits per heavy atom. The van der Waals surface area contributed by atoms with E-state index in [1.54, 1.807) is 6.07 Å². The van der Waals surface area contributed by atoms with E-state index >= 15 is 0 Å². The number of halogens is 2. The first-order valence-electron chi connectivity index (χ1n) is 6.31. The lowest BCUT2D eigenvalue weighted by molar-refractivity contribution is 0.796. The molecule has 0 unspecified atom stereocenters. The van der Waals surface area contributed by atoms with Crippen LogP contribution in [0.5, 0.6) is 0 Å². The van der Waals surface area contributed by atoms with Gasteiger partial charge in [0.05, 0.1) is 16.1 Å². The summed E-state index contributed by atoms with van der Waals surface area (Å²) in [5, 5.41) is 1.29. The van der Waals surface area contributed by atoms with Gasteiger partial charge in [0, 0.05) is 22.8 Å². The molecule has 0 aliphatic heterocycles. The van der Waals surface area contributed by atoms with E-state index in [0.29, 0.717) is 15.7 Å². The number of benzene rings is 2. The number of imidazole rings is 1. The SMILES string of the molecule is CCn1c(-c2cc(N)cc(Cl)c2)nc2cccc(Cl)c21. The standard InChI is InChI=1S/C15H13Cl2N3/c1-2-20-14-12(17)4-3-5-13(14)19-15(20)9-6-10(16)8-11(18)7-9/h3-8H,2,18H2,1H3. The molecular weight excluding hydrogens is 293 g/mol. The molecule has 2 aromatic carbocycles. The van der Waals surface area contributed by atoms with E-state index in [-0.39, 0.29) is 0 Å². The third-order valence-electron chi connectivity index (χ3n) is 3.21. The molecule has 3 nitrogen and oxygen atoms in total. The topological polar surface area (TPSA) is 43.8 Å². The highest BCUT2D eigenvalue weighted by atomic mass is 35.5. The van der Waals surface area contributed by atoms with Crippen LogP contribution in [-0.4, -0.2) is 9.55 Å². The second kappa shape index (κ2) is 5.00. The molecule has 0 saturated carbocycles. The second-order valence-electron chi connectivity index (χ2n) is 4.56. The maximum atomic E-state index is 6.29. The summed E-state index contributed by atoms with van der Waals surface area (Å²) in [5.41, 5.74) is 9.18. The number of nitrogen functional groups attached to an aromatic ring is 1. The summed E-state index contributed by atoms with van der Waals surface area (Å²) in [7, 11) is 0. The van der Waals surface area contributed by atoms with Crippen LogP contribution in [-0.2, 0) is 6.54 Å². The Morgan fingerprint density at radius 3 is 2.70 bits per heavy atom. The minimum atomic E-state index is 0.598. The maximum absolute atomic E-state index is 6.29. The number of para-hydroxylation sites is 1. The van der Waals surface area contributed by atoms with Gasteiger partial charge in [-0.2, -0.15) is 0 Å². The molecule has 1 heterocycles.